The Labute approximate surface area is 78.8 Å². The van der Waals surface area contributed by atoms with E-state index in [0.717, 1.165) is 0 Å². The largest absolute Gasteiger partial charge is 0.240 e. The highest BCUT2D eigenvalue weighted by Crippen LogP contribution is 2.07. The van der Waals surface area contributed by atoms with Gasteiger partial charge in [0.15, 0.2) is 0 Å². The molecule has 0 aliphatic heterocycles. The first kappa shape index (κ1) is 10.2. The molecule has 0 heterocycles. The van der Waals surface area contributed by atoms with E-state index in [0.29, 0.717) is 11.3 Å². The maximum absolute atomic E-state index is 11.4. The van der Waals surface area contributed by atoms with E-state index in [1.807, 2.05) is 6.92 Å². The lowest BCUT2D eigenvalue weighted by Crippen LogP contribution is -2.20. The molecule has 0 fully saturated rings. The van der Waals surface area contributed by atoms with Gasteiger partial charge in [0.1, 0.15) is 0 Å². The third kappa shape index (κ3) is 2.82. The van der Waals surface area contributed by atoms with Crippen molar-refractivity contribution >= 4 is 10.0 Å². The predicted molar refractivity (Wildman–Crippen MR) is 51.4 cm³/mol. The third-order valence-corrected chi connectivity index (χ3v) is 2.87. The topological polar surface area (TPSA) is 46.2 Å². The molecule has 0 amide bonds. The highest BCUT2D eigenvalue weighted by atomic mass is 32.2. The van der Waals surface area contributed by atoms with Gasteiger partial charge in [-0.05, 0) is 18.6 Å². The molecule has 71 valence electrons. The number of nitrogens with one attached hydrogen (secondary N) is 1. The maximum Gasteiger partial charge on any atom is 0.240 e. The molecule has 13 heavy (non-hydrogen) atoms. The Morgan fingerprint density at radius 3 is 2.46 bits per heavy atom. The molecule has 0 bridgehead atoms. The number of benzene rings is 1. The summed E-state index contributed by atoms with van der Waals surface area (Å²) in [6.45, 7) is 3.38. The fraction of sp³-hybridized carbons (Fsp3) is 0.222. The van der Waals surface area contributed by atoms with Gasteiger partial charge in [-0.3, -0.25) is 0 Å². The molecule has 1 aromatic rings. The Kier molecular flexibility index (Phi) is 3.45. The normalized spacial score (nSPS) is 11.5. The van der Waals surface area contributed by atoms with Crippen molar-refractivity contribution in [2.24, 2.45) is 0 Å². The molecular formula is C9H12NO2S. The zero-order valence-electron chi connectivity index (χ0n) is 7.40. The smallest absolute Gasteiger partial charge is 0.207 e. The van der Waals surface area contributed by atoms with Crippen LogP contribution < -0.4 is 4.72 Å². The first-order valence-corrected chi connectivity index (χ1v) is 5.54. The summed E-state index contributed by atoms with van der Waals surface area (Å²) in [4.78, 5) is 0.291. The molecule has 3 nitrogen and oxygen atoms in total. The minimum atomic E-state index is -3.33. The fourth-order valence-corrected chi connectivity index (χ4v) is 1.90. The van der Waals surface area contributed by atoms with Gasteiger partial charge < -0.3 is 0 Å². The van der Waals surface area contributed by atoms with Crippen molar-refractivity contribution in [3.63, 3.8) is 0 Å². The van der Waals surface area contributed by atoms with Gasteiger partial charge in [-0.25, -0.2) is 13.1 Å². The van der Waals surface area contributed by atoms with Crippen LogP contribution in [0.2, 0.25) is 0 Å². The third-order valence-electron chi connectivity index (χ3n) is 1.50. The maximum atomic E-state index is 11.4. The average molecular weight is 198 g/mol. The van der Waals surface area contributed by atoms with Gasteiger partial charge in [0.25, 0.3) is 0 Å². The van der Waals surface area contributed by atoms with Gasteiger partial charge in [-0.2, -0.15) is 0 Å². The zero-order valence-corrected chi connectivity index (χ0v) is 8.21. The quantitative estimate of drug-likeness (QED) is 0.797. The van der Waals surface area contributed by atoms with Crippen LogP contribution in [-0.4, -0.2) is 8.42 Å². The summed E-state index contributed by atoms with van der Waals surface area (Å²) in [6.07, 6.45) is 0.673. The van der Waals surface area contributed by atoms with Gasteiger partial charge in [0.2, 0.25) is 10.0 Å². The molecule has 1 N–H and O–H groups in total. The molecule has 0 unspecified atom stereocenters. The second-order valence-corrected chi connectivity index (χ2v) is 4.26. The van der Waals surface area contributed by atoms with E-state index in [1.165, 1.54) is 6.54 Å². The molecule has 0 atom stereocenters. The summed E-state index contributed by atoms with van der Waals surface area (Å²) in [5.74, 6) is 0. The van der Waals surface area contributed by atoms with Gasteiger partial charge in [0.05, 0.1) is 4.90 Å². The Balaban J connectivity index is 2.83. The van der Waals surface area contributed by atoms with E-state index < -0.39 is 10.0 Å². The number of hydrogen-bond acceptors (Lipinski definition) is 2. The summed E-state index contributed by atoms with van der Waals surface area (Å²) in [6, 6.07) is 8.29. The van der Waals surface area contributed by atoms with Crippen LogP contribution in [0.15, 0.2) is 35.2 Å². The molecule has 0 saturated heterocycles. The van der Waals surface area contributed by atoms with Crippen LogP contribution in [0.3, 0.4) is 0 Å². The van der Waals surface area contributed by atoms with Crippen LogP contribution in [0.25, 0.3) is 0 Å². The van der Waals surface area contributed by atoms with Crippen molar-refractivity contribution in [2.45, 2.75) is 18.2 Å². The van der Waals surface area contributed by atoms with Crippen molar-refractivity contribution in [1.82, 2.24) is 4.72 Å². The second-order valence-electron chi connectivity index (χ2n) is 2.55. The van der Waals surface area contributed by atoms with E-state index in [1.54, 1.807) is 30.3 Å². The summed E-state index contributed by atoms with van der Waals surface area (Å²) < 4.78 is 25.3. The fourth-order valence-electron chi connectivity index (χ4n) is 0.861. The summed E-state index contributed by atoms with van der Waals surface area (Å²) in [7, 11) is -3.33. The Morgan fingerprint density at radius 2 is 1.92 bits per heavy atom. The Morgan fingerprint density at radius 1 is 1.31 bits per heavy atom. The van der Waals surface area contributed by atoms with Crippen molar-refractivity contribution in [3.8, 4) is 0 Å². The predicted octanol–water partition coefficient (Wildman–Crippen LogP) is 1.54. The summed E-state index contributed by atoms with van der Waals surface area (Å²) in [5, 5.41) is 0. The van der Waals surface area contributed by atoms with Gasteiger partial charge in [0, 0.05) is 6.54 Å². The highest BCUT2D eigenvalue weighted by molar-refractivity contribution is 7.89. The van der Waals surface area contributed by atoms with Crippen molar-refractivity contribution in [2.75, 3.05) is 0 Å². The molecule has 4 heteroatoms. The molecule has 0 aliphatic carbocycles. The standard InChI is InChI=1S/C9H12NO2S/c1-2-8-10-13(11,12)9-6-4-3-5-7-9/h3-8,10H,2H2,1H3. The number of hydrogen-bond donors (Lipinski definition) is 1. The second kappa shape index (κ2) is 4.39. The van der Waals surface area contributed by atoms with Gasteiger partial charge >= 0.3 is 0 Å². The number of sulfonamides is 1. The molecule has 1 rings (SSSR count). The minimum Gasteiger partial charge on any atom is -0.207 e. The van der Waals surface area contributed by atoms with Gasteiger partial charge in [-0.1, -0.05) is 25.1 Å². The van der Waals surface area contributed by atoms with Crippen molar-refractivity contribution in [1.29, 1.82) is 0 Å². The van der Waals surface area contributed by atoms with Crippen LogP contribution in [0.4, 0.5) is 0 Å². The van der Waals surface area contributed by atoms with Crippen molar-refractivity contribution < 1.29 is 8.42 Å². The Hall–Kier alpha value is -0.870. The monoisotopic (exact) mass is 198 g/mol. The van der Waals surface area contributed by atoms with Gasteiger partial charge in [-0.15, -0.1) is 0 Å². The Bertz CT molecular complexity index is 345. The summed E-state index contributed by atoms with van der Waals surface area (Å²) >= 11 is 0. The van der Waals surface area contributed by atoms with Crippen LogP contribution in [-0.2, 0) is 10.0 Å². The molecule has 0 aliphatic rings. The van der Waals surface area contributed by atoms with E-state index in [4.69, 9.17) is 0 Å². The van der Waals surface area contributed by atoms with E-state index >= 15 is 0 Å². The van der Waals surface area contributed by atoms with Crippen molar-refractivity contribution in [3.05, 3.63) is 36.9 Å². The molecule has 1 aromatic carbocycles. The highest BCUT2D eigenvalue weighted by Gasteiger charge is 2.10. The lowest BCUT2D eigenvalue weighted by molar-refractivity contribution is 0.587. The first-order valence-electron chi connectivity index (χ1n) is 4.06. The van der Waals surface area contributed by atoms with E-state index in [-0.39, 0.29) is 0 Å². The average Bonchev–Trinajstić information content (AvgIpc) is 2.16. The molecule has 0 spiro atoms. The molecular weight excluding hydrogens is 186 g/mol. The van der Waals surface area contributed by atoms with E-state index in [9.17, 15) is 8.42 Å². The van der Waals surface area contributed by atoms with E-state index in [2.05, 4.69) is 4.72 Å². The minimum absolute atomic E-state index is 0.291. The van der Waals surface area contributed by atoms with Crippen LogP contribution in [0.5, 0.6) is 0 Å². The lowest BCUT2D eigenvalue weighted by atomic mass is 10.4. The van der Waals surface area contributed by atoms with Crippen LogP contribution in [0.1, 0.15) is 13.3 Å². The summed E-state index contributed by atoms with van der Waals surface area (Å²) in [5.41, 5.74) is 0. The molecule has 1 radical (unpaired) electrons. The lowest BCUT2D eigenvalue weighted by Gasteiger charge is -2.03. The SMILES string of the molecule is CC[CH]NS(=O)(=O)c1ccccc1. The number of rotatable bonds is 4. The zero-order chi connectivity index (χ0) is 9.73. The molecule has 0 aromatic heterocycles. The molecule has 0 saturated carbocycles. The first-order chi connectivity index (χ1) is 6.17. The van der Waals surface area contributed by atoms with Crippen LogP contribution >= 0.6 is 0 Å². The van der Waals surface area contributed by atoms with Crippen LogP contribution in [0, 0.1) is 6.54 Å².